The molecule has 1 aliphatic heterocycles. The van der Waals surface area contributed by atoms with Crippen molar-refractivity contribution in [1.29, 1.82) is 0 Å². The summed E-state index contributed by atoms with van der Waals surface area (Å²) in [5, 5.41) is 5.81. The number of carbonyl (C=O) groups is 2. The monoisotopic (exact) mass is 437 g/mol. The van der Waals surface area contributed by atoms with Gasteiger partial charge in [-0.3, -0.25) is 14.5 Å². The molecule has 2 N–H and O–H groups in total. The SMILES string of the molecule is Cc1ccc(C2CCCN2C(C)C(=O)Nc2ccccc2C(=O)NCc2ccco2)s1. The van der Waals surface area contributed by atoms with Crippen molar-refractivity contribution in [1.82, 2.24) is 10.2 Å². The van der Waals surface area contributed by atoms with Gasteiger partial charge in [-0.2, -0.15) is 0 Å². The zero-order chi connectivity index (χ0) is 21.8. The summed E-state index contributed by atoms with van der Waals surface area (Å²) in [6.07, 6.45) is 3.70. The maximum Gasteiger partial charge on any atom is 0.253 e. The Morgan fingerprint density at radius 1 is 1.19 bits per heavy atom. The van der Waals surface area contributed by atoms with Crippen LogP contribution in [0, 0.1) is 6.92 Å². The van der Waals surface area contributed by atoms with E-state index in [0.29, 0.717) is 23.6 Å². The number of hydrogen-bond donors (Lipinski definition) is 2. The topological polar surface area (TPSA) is 74.6 Å². The summed E-state index contributed by atoms with van der Waals surface area (Å²) in [7, 11) is 0. The van der Waals surface area contributed by atoms with Crippen molar-refractivity contribution in [2.24, 2.45) is 0 Å². The van der Waals surface area contributed by atoms with Crippen molar-refractivity contribution < 1.29 is 14.0 Å². The van der Waals surface area contributed by atoms with Crippen molar-refractivity contribution in [2.45, 2.75) is 45.3 Å². The normalized spacial score (nSPS) is 17.4. The molecule has 3 heterocycles. The van der Waals surface area contributed by atoms with E-state index in [0.717, 1.165) is 19.4 Å². The van der Waals surface area contributed by atoms with Crippen LogP contribution in [0.3, 0.4) is 0 Å². The van der Waals surface area contributed by atoms with Gasteiger partial charge in [0.05, 0.1) is 30.1 Å². The lowest BCUT2D eigenvalue weighted by molar-refractivity contribution is -0.121. The number of thiophene rings is 1. The van der Waals surface area contributed by atoms with Crippen LogP contribution < -0.4 is 10.6 Å². The second kappa shape index (κ2) is 9.49. The molecule has 162 valence electrons. The minimum atomic E-state index is -0.297. The van der Waals surface area contributed by atoms with Gasteiger partial charge >= 0.3 is 0 Å². The van der Waals surface area contributed by atoms with Crippen molar-refractivity contribution in [3.8, 4) is 0 Å². The van der Waals surface area contributed by atoms with Crippen LogP contribution in [-0.4, -0.2) is 29.3 Å². The Morgan fingerprint density at radius 2 is 2.03 bits per heavy atom. The fourth-order valence-corrected chi connectivity index (χ4v) is 5.08. The van der Waals surface area contributed by atoms with Crippen LogP contribution in [0.5, 0.6) is 0 Å². The number of para-hydroxylation sites is 1. The first kappa shape index (κ1) is 21.3. The van der Waals surface area contributed by atoms with Crippen molar-refractivity contribution in [3.63, 3.8) is 0 Å². The van der Waals surface area contributed by atoms with E-state index in [-0.39, 0.29) is 23.9 Å². The number of furan rings is 1. The number of nitrogens with zero attached hydrogens (tertiary/aromatic N) is 1. The van der Waals surface area contributed by atoms with Gasteiger partial charge in [-0.25, -0.2) is 0 Å². The van der Waals surface area contributed by atoms with E-state index in [1.807, 2.05) is 13.0 Å². The van der Waals surface area contributed by atoms with E-state index >= 15 is 0 Å². The summed E-state index contributed by atoms with van der Waals surface area (Å²) in [5.41, 5.74) is 0.945. The van der Waals surface area contributed by atoms with E-state index in [9.17, 15) is 9.59 Å². The smallest absolute Gasteiger partial charge is 0.253 e. The number of carbonyl (C=O) groups excluding carboxylic acids is 2. The number of amides is 2. The second-order valence-electron chi connectivity index (χ2n) is 7.82. The van der Waals surface area contributed by atoms with Gasteiger partial charge in [0, 0.05) is 15.8 Å². The molecule has 1 aromatic carbocycles. The first-order valence-electron chi connectivity index (χ1n) is 10.6. The van der Waals surface area contributed by atoms with E-state index in [4.69, 9.17) is 4.42 Å². The molecule has 0 radical (unpaired) electrons. The molecule has 0 spiro atoms. The van der Waals surface area contributed by atoms with Gasteiger partial charge in [0.2, 0.25) is 5.91 Å². The zero-order valence-corrected chi connectivity index (χ0v) is 18.6. The number of aryl methyl sites for hydroxylation is 1. The first-order valence-corrected chi connectivity index (χ1v) is 11.4. The molecule has 3 aromatic rings. The number of benzene rings is 1. The number of nitrogens with one attached hydrogen (secondary N) is 2. The van der Waals surface area contributed by atoms with Crippen LogP contribution >= 0.6 is 11.3 Å². The first-order chi connectivity index (χ1) is 15.0. The maximum absolute atomic E-state index is 13.1. The van der Waals surface area contributed by atoms with Gasteiger partial charge in [-0.15, -0.1) is 11.3 Å². The van der Waals surface area contributed by atoms with Crippen LogP contribution in [0.4, 0.5) is 5.69 Å². The average Bonchev–Trinajstić information content (AvgIpc) is 3.53. The molecule has 31 heavy (non-hydrogen) atoms. The Hall–Kier alpha value is -2.90. The predicted octanol–water partition coefficient (Wildman–Crippen LogP) is 4.74. The summed E-state index contributed by atoms with van der Waals surface area (Å²) in [6.45, 7) is 5.23. The van der Waals surface area contributed by atoms with E-state index in [2.05, 4.69) is 34.6 Å². The highest BCUT2D eigenvalue weighted by atomic mass is 32.1. The molecule has 2 aromatic heterocycles. The molecular weight excluding hydrogens is 410 g/mol. The van der Waals surface area contributed by atoms with Gasteiger partial charge < -0.3 is 15.1 Å². The molecule has 0 bridgehead atoms. The van der Waals surface area contributed by atoms with Gasteiger partial charge in [0.25, 0.3) is 5.91 Å². The Balaban J connectivity index is 1.44. The highest BCUT2D eigenvalue weighted by molar-refractivity contribution is 7.12. The lowest BCUT2D eigenvalue weighted by Crippen LogP contribution is -2.41. The molecule has 1 aliphatic rings. The third-order valence-electron chi connectivity index (χ3n) is 5.69. The van der Waals surface area contributed by atoms with Crippen LogP contribution in [0.15, 0.2) is 59.2 Å². The minimum absolute atomic E-state index is 0.105. The number of hydrogen-bond acceptors (Lipinski definition) is 5. The lowest BCUT2D eigenvalue weighted by atomic mass is 10.1. The number of rotatable bonds is 7. The zero-order valence-electron chi connectivity index (χ0n) is 17.8. The molecular formula is C24H27N3O3S. The highest BCUT2D eigenvalue weighted by Gasteiger charge is 2.34. The quantitative estimate of drug-likeness (QED) is 0.560. The predicted molar refractivity (Wildman–Crippen MR) is 122 cm³/mol. The summed E-state index contributed by atoms with van der Waals surface area (Å²) in [4.78, 5) is 30.7. The fourth-order valence-electron chi connectivity index (χ4n) is 4.04. The van der Waals surface area contributed by atoms with Crippen molar-refractivity contribution in [2.75, 3.05) is 11.9 Å². The molecule has 1 fully saturated rings. The molecule has 0 aliphatic carbocycles. The summed E-state index contributed by atoms with van der Waals surface area (Å²) in [6, 6.07) is 14.9. The minimum Gasteiger partial charge on any atom is -0.467 e. The Labute approximate surface area is 186 Å². The molecule has 2 atom stereocenters. The van der Waals surface area contributed by atoms with Gasteiger partial charge in [0.15, 0.2) is 0 Å². The molecule has 2 amide bonds. The molecule has 7 heteroatoms. The molecule has 6 nitrogen and oxygen atoms in total. The van der Waals surface area contributed by atoms with Crippen LogP contribution in [-0.2, 0) is 11.3 Å². The third-order valence-corrected chi connectivity index (χ3v) is 6.80. The Kier molecular flexibility index (Phi) is 6.53. The van der Waals surface area contributed by atoms with E-state index in [1.165, 1.54) is 9.75 Å². The van der Waals surface area contributed by atoms with Gasteiger partial charge in [0.1, 0.15) is 5.76 Å². The maximum atomic E-state index is 13.1. The summed E-state index contributed by atoms with van der Waals surface area (Å²) >= 11 is 1.80. The fraction of sp³-hybridized carbons (Fsp3) is 0.333. The second-order valence-corrected chi connectivity index (χ2v) is 9.14. The third kappa shape index (κ3) is 4.89. The van der Waals surface area contributed by atoms with Crippen LogP contribution in [0.1, 0.15) is 51.7 Å². The lowest BCUT2D eigenvalue weighted by Gasteiger charge is -2.29. The van der Waals surface area contributed by atoms with Crippen LogP contribution in [0.2, 0.25) is 0 Å². The van der Waals surface area contributed by atoms with Crippen LogP contribution in [0.25, 0.3) is 0 Å². The Bertz CT molecular complexity index is 1040. The van der Waals surface area contributed by atoms with Crippen molar-refractivity contribution in [3.05, 3.63) is 75.9 Å². The molecule has 0 saturated carbocycles. The number of anilines is 1. The average molecular weight is 438 g/mol. The van der Waals surface area contributed by atoms with E-state index < -0.39 is 0 Å². The number of likely N-dealkylation sites (tertiary alicyclic amines) is 1. The largest absolute Gasteiger partial charge is 0.467 e. The summed E-state index contributed by atoms with van der Waals surface area (Å²) < 4.78 is 5.26. The van der Waals surface area contributed by atoms with Gasteiger partial charge in [-0.1, -0.05) is 12.1 Å². The van der Waals surface area contributed by atoms with Gasteiger partial charge in [-0.05, 0) is 69.6 Å². The van der Waals surface area contributed by atoms with E-state index in [1.54, 1.807) is 47.9 Å². The Morgan fingerprint density at radius 3 is 2.77 bits per heavy atom. The molecule has 2 unspecified atom stereocenters. The van der Waals surface area contributed by atoms with Crippen molar-refractivity contribution >= 4 is 28.8 Å². The molecule has 4 rings (SSSR count). The highest BCUT2D eigenvalue weighted by Crippen LogP contribution is 2.37. The standard InChI is InChI=1S/C24H27N3O3S/c1-16-11-12-22(31-16)21-10-5-13-27(21)17(2)23(28)26-20-9-4-3-8-19(20)24(29)25-15-18-7-6-14-30-18/h3-4,6-9,11-12,14,17,21H,5,10,13,15H2,1-2H3,(H,25,29)(H,26,28). The molecule has 1 saturated heterocycles. The summed E-state index contributed by atoms with van der Waals surface area (Å²) in [5.74, 6) is 0.312.